The largest absolute Gasteiger partial charge is 0.508 e. The zero-order valence-electron chi connectivity index (χ0n) is 14.8. The molecule has 0 atom stereocenters. The number of benzene rings is 1. The molecule has 1 aliphatic heterocycles. The third-order valence-corrected chi connectivity index (χ3v) is 5.20. The number of phenolic OH excluding ortho intramolecular Hbond substituents is 1. The molecule has 0 bridgehead atoms. The second kappa shape index (κ2) is 7.73. The van der Waals surface area contributed by atoms with Crippen molar-refractivity contribution >= 4 is 45.4 Å². The molecule has 1 fully saturated rings. The van der Waals surface area contributed by atoms with Gasteiger partial charge in [0, 0.05) is 30.4 Å². The Hall–Kier alpha value is -2.33. The minimum absolute atomic E-state index is 0.184. The van der Waals surface area contributed by atoms with Gasteiger partial charge in [0.15, 0.2) is 11.6 Å². The number of fused-ring (bicyclic) bond motifs is 1. The molecule has 8 heteroatoms. The first-order valence-electron chi connectivity index (χ1n) is 8.61. The summed E-state index contributed by atoms with van der Waals surface area (Å²) in [5.74, 6) is 1.53. The molecule has 3 heterocycles. The second-order valence-corrected chi connectivity index (χ2v) is 6.76. The summed E-state index contributed by atoms with van der Waals surface area (Å²) in [4.78, 5) is 16.3. The van der Waals surface area contributed by atoms with Gasteiger partial charge in [0.2, 0.25) is 0 Å². The van der Waals surface area contributed by atoms with Crippen LogP contribution in [0.5, 0.6) is 5.75 Å². The first kappa shape index (κ1) is 18.1. The minimum atomic E-state index is 0.184. The van der Waals surface area contributed by atoms with Crippen LogP contribution in [0.4, 0.5) is 5.82 Å². The smallest absolute Gasteiger partial charge is 0.162 e. The maximum atomic E-state index is 9.84. The van der Waals surface area contributed by atoms with E-state index in [4.69, 9.17) is 14.7 Å². The van der Waals surface area contributed by atoms with Crippen molar-refractivity contribution in [2.24, 2.45) is 3.21 Å². The van der Waals surface area contributed by atoms with Crippen molar-refractivity contribution in [1.29, 1.82) is 0 Å². The summed E-state index contributed by atoms with van der Waals surface area (Å²) in [5.41, 5.74) is 4.07. The Kier molecular flexibility index (Phi) is 5.17. The van der Waals surface area contributed by atoms with E-state index in [1.807, 2.05) is 41.9 Å². The minimum Gasteiger partial charge on any atom is -0.508 e. The third-order valence-electron chi connectivity index (χ3n) is 4.48. The van der Waals surface area contributed by atoms with E-state index in [0.29, 0.717) is 19.0 Å². The van der Waals surface area contributed by atoms with Crippen molar-refractivity contribution in [2.75, 3.05) is 31.2 Å². The highest BCUT2D eigenvalue weighted by atomic mass is 127. The summed E-state index contributed by atoms with van der Waals surface area (Å²) in [6, 6.07) is 8.96. The Labute approximate surface area is 170 Å². The van der Waals surface area contributed by atoms with Gasteiger partial charge in [-0.15, -0.1) is 0 Å². The van der Waals surface area contributed by atoms with E-state index in [-0.39, 0.29) is 5.75 Å². The van der Waals surface area contributed by atoms with Crippen molar-refractivity contribution in [3.8, 4) is 17.1 Å². The summed E-state index contributed by atoms with van der Waals surface area (Å²) in [6.45, 7) is 4.76. The Bertz CT molecular complexity index is 1020. The maximum Gasteiger partial charge on any atom is 0.162 e. The first-order valence-corrected chi connectivity index (χ1v) is 9.58. The van der Waals surface area contributed by atoms with E-state index < -0.39 is 0 Å². The van der Waals surface area contributed by atoms with E-state index in [1.165, 1.54) is 0 Å². The molecule has 1 aromatic carbocycles. The van der Waals surface area contributed by atoms with Crippen LogP contribution in [0.25, 0.3) is 22.4 Å². The van der Waals surface area contributed by atoms with Crippen molar-refractivity contribution in [1.82, 2.24) is 15.0 Å². The number of morpholine rings is 1. The lowest BCUT2D eigenvalue weighted by atomic mass is 10.1. The molecule has 0 unspecified atom stereocenters. The first-order chi connectivity index (χ1) is 13.2. The van der Waals surface area contributed by atoms with Crippen molar-refractivity contribution in [3.63, 3.8) is 0 Å². The molecule has 0 spiro atoms. The molecule has 2 aromatic heterocycles. The summed E-state index contributed by atoms with van der Waals surface area (Å²) in [6.07, 6.45) is 1.81. The van der Waals surface area contributed by atoms with Gasteiger partial charge in [-0.2, -0.15) is 0 Å². The molecular formula is C19H18IN5O2. The highest BCUT2D eigenvalue weighted by Crippen LogP contribution is 2.28. The Morgan fingerprint density at radius 3 is 2.78 bits per heavy atom. The van der Waals surface area contributed by atoms with Crippen LogP contribution < -0.4 is 4.90 Å². The van der Waals surface area contributed by atoms with E-state index in [9.17, 15) is 5.11 Å². The fraction of sp³-hybridized carbons (Fsp3) is 0.263. The normalized spacial score (nSPS) is 15.3. The predicted octanol–water partition coefficient (Wildman–Crippen LogP) is 3.39. The monoisotopic (exact) mass is 475 g/mol. The lowest BCUT2D eigenvalue weighted by Crippen LogP contribution is -2.37. The number of halogens is 1. The van der Waals surface area contributed by atoms with Gasteiger partial charge in [-0.25, -0.2) is 18.2 Å². The molecule has 0 radical (unpaired) electrons. The quantitative estimate of drug-likeness (QED) is 0.462. The Morgan fingerprint density at radius 2 is 2.04 bits per heavy atom. The maximum absolute atomic E-state index is 9.84. The molecule has 138 valence electrons. The topological polar surface area (TPSA) is 83.7 Å². The van der Waals surface area contributed by atoms with Crippen molar-refractivity contribution in [3.05, 3.63) is 42.1 Å². The molecule has 1 N–H and O–H groups in total. The number of pyridine rings is 1. The fourth-order valence-corrected chi connectivity index (χ4v) is 3.30. The van der Waals surface area contributed by atoms with Crippen LogP contribution in [0, 0.1) is 0 Å². The summed E-state index contributed by atoms with van der Waals surface area (Å²) in [7, 11) is 0. The second-order valence-electron chi connectivity index (χ2n) is 6.28. The molecule has 7 nitrogen and oxygen atoms in total. The Morgan fingerprint density at radius 1 is 1.22 bits per heavy atom. The Balaban J connectivity index is 1.92. The number of anilines is 1. The summed E-state index contributed by atoms with van der Waals surface area (Å²) >= 11 is 1.98. The molecule has 0 aliphatic carbocycles. The van der Waals surface area contributed by atoms with E-state index in [2.05, 4.69) is 13.1 Å². The predicted molar refractivity (Wildman–Crippen MR) is 114 cm³/mol. The number of rotatable bonds is 3. The van der Waals surface area contributed by atoms with E-state index in [1.54, 1.807) is 24.4 Å². The van der Waals surface area contributed by atoms with Crippen LogP contribution in [-0.4, -0.2) is 52.1 Å². The summed E-state index contributed by atoms with van der Waals surface area (Å²) in [5, 5.41) is 9.84. The average Bonchev–Trinajstić information content (AvgIpc) is 2.72. The van der Waals surface area contributed by atoms with Crippen LogP contribution in [0.3, 0.4) is 0 Å². The number of ether oxygens (including phenoxy) is 1. The van der Waals surface area contributed by atoms with Gasteiger partial charge in [-0.1, -0.05) is 12.1 Å². The zero-order chi connectivity index (χ0) is 18.8. The molecule has 0 amide bonds. The van der Waals surface area contributed by atoms with E-state index in [0.717, 1.165) is 46.8 Å². The lowest BCUT2D eigenvalue weighted by Gasteiger charge is -2.28. The molecule has 27 heavy (non-hydrogen) atoms. The zero-order valence-corrected chi connectivity index (χ0v) is 16.9. The molecule has 3 aromatic rings. The fourth-order valence-electron chi connectivity index (χ4n) is 3.02. The van der Waals surface area contributed by atoms with Gasteiger partial charge < -0.3 is 14.7 Å². The van der Waals surface area contributed by atoms with Gasteiger partial charge in [0.25, 0.3) is 0 Å². The van der Waals surface area contributed by atoms with E-state index >= 15 is 0 Å². The number of hydrogen-bond acceptors (Lipinski definition) is 7. The van der Waals surface area contributed by atoms with Crippen LogP contribution in [0.15, 0.2) is 39.7 Å². The number of nitrogens with zero attached hydrogens (tertiary/aromatic N) is 5. The molecule has 1 aliphatic rings. The third kappa shape index (κ3) is 3.72. The highest BCUT2D eigenvalue weighted by Gasteiger charge is 2.19. The van der Waals surface area contributed by atoms with Crippen LogP contribution in [0.1, 0.15) is 12.5 Å². The number of phenols is 1. The van der Waals surface area contributed by atoms with Crippen molar-refractivity contribution in [2.45, 2.75) is 6.92 Å². The SMILES string of the molecule is CC(=NI)c1cnc2c(N3CCOCC3)nc(-c3cccc(O)c3)nc2c1. The van der Waals surface area contributed by atoms with Crippen LogP contribution in [0.2, 0.25) is 0 Å². The van der Waals surface area contributed by atoms with Crippen molar-refractivity contribution < 1.29 is 9.84 Å². The number of hydrogen-bond donors (Lipinski definition) is 1. The average molecular weight is 475 g/mol. The number of aromatic nitrogens is 3. The molecule has 0 saturated carbocycles. The molecular weight excluding hydrogens is 457 g/mol. The van der Waals surface area contributed by atoms with Crippen LogP contribution in [-0.2, 0) is 4.74 Å². The summed E-state index contributed by atoms with van der Waals surface area (Å²) < 4.78 is 9.69. The highest BCUT2D eigenvalue weighted by molar-refractivity contribution is 14.1. The molecule has 4 rings (SSSR count). The van der Waals surface area contributed by atoms with Crippen LogP contribution >= 0.6 is 22.9 Å². The van der Waals surface area contributed by atoms with Gasteiger partial charge >= 0.3 is 0 Å². The van der Waals surface area contributed by atoms with Gasteiger partial charge in [0.05, 0.1) is 47.3 Å². The standard InChI is InChI=1S/C19H18IN5O2/c1-12(24-20)14-10-16-17(21-11-14)19(25-5-7-27-8-6-25)23-18(22-16)13-3-2-4-15(26)9-13/h2-4,9-11,26H,5-8H2,1H3. The lowest BCUT2D eigenvalue weighted by molar-refractivity contribution is 0.122. The van der Waals surface area contributed by atoms with Gasteiger partial charge in [0.1, 0.15) is 11.3 Å². The number of aromatic hydroxyl groups is 1. The van der Waals surface area contributed by atoms with Gasteiger partial charge in [-0.05, 0) is 25.1 Å². The molecule has 1 saturated heterocycles. The van der Waals surface area contributed by atoms with Gasteiger partial charge in [-0.3, -0.25) is 0 Å².